The van der Waals surface area contributed by atoms with Crippen molar-refractivity contribution in [2.24, 2.45) is 0 Å². The highest BCUT2D eigenvalue weighted by Gasteiger charge is 2.28. The first kappa shape index (κ1) is 24.9. The van der Waals surface area contributed by atoms with Gasteiger partial charge in [0.1, 0.15) is 12.4 Å². The summed E-state index contributed by atoms with van der Waals surface area (Å²) in [6.07, 6.45) is 1.54. The minimum absolute atomic E-state index is 0.124. The van der Waals surface area contributed by atoms with Gasteiger partial charge >= 0.3 is 12.1 Å². The van der Waals surface area contributed by atoms with E-state index < -0.39 is 24.3 Å². The highest BCUT2D eigenvalue weighted by atomic mass is 16.6. The summed E-state index contributed by atoms with van der Waals surface area (Å²) in [5.41, 5.74) is 1.25. The van der Waals surface area contributed by atoms with Gasteiger partial charge < -0.3 is 24.4 Å². The monoisotopic (exact) mass is 443 g/mol. The first-order valence-electron chi connectivity index (χ1n) is 10.4. The Morgan fingerprint density at radius 2 is 1.91 bits per heavy atom. The Bertz CT molecular complexity index is 870. The number of benzene rings is 2. The van der Waals surface area contributed by atoms with Crippen LogP contribution in [0.15, 0.2) is 66.7 Å². The number of carbonyl (C=O) groups excluding carboxylic acids is 1. The van der Waals surface area contributed by atoms with Crippen LogP contribution in [0.3, 0.4) is 0 Å². The van der Waals surface area contributed by atoms with E-state index in [0.717, 1.165) is 6.08 Å². The van der Waals surface area contributed by atoms with E-state index in [1.807, 2.05) is 13.0 Å². The molecule has 2 aromatic rings. The van der Waals surface area contributed by atoms with Crippen molar-refractivity contribution < 1.29 is 34.0 Å². The first-order chi connectivity index (χ1) is 15.5. The third-order valence-corrected chi connectivity index (χ3v) is 4.40. The van der Waals surface area contributed by atoms with Gasteiger partial charge in [-0.25, -0.2) is 9.59 Å². The van der Waals surface area contributed by atoms with Crippen molar-refractivity contribution in [2.75, 3.05) is 25.1 Å². The molecule has 0 saturated carbocycles. The predicted molar refractivity (Wildman–Crippen MR) is 120 cm³/mol. The zero-order chi connectivity index (χ0) is 23.2. The van der Waals surface area contributed by atoms with Crippen LogP contribution in [0.2, 0.25) is 0 Å². The molecule has 2 atom stereocenters. The fraction of sp³-hybridized carbons (Fsp3) is 0.333. The number of ether oxygens (including phenoxy) is 3. The smallest absolute Gasteiger partial charge is 0.412 e. The lowest BCUT2D eigenvalue weighted by Crippen LogP contribution is -2.29. The van der Waals surface area contributed by atoms with Crippen LogP contribution in [0, 0.1) is 0 Å². The van der Waals surface area contributed by atoms with Crippen molar-refractivity contribution in [3.05, 3.63) is 72.3 Å². The highest BCUT2D eigenvalue weighted by Crippen LogP contribution is 2.30. The highest BCUT2D eigenvalue weighted by molar-refractivity contribution is 5.84. The number of hydrogen-bond donors (Lipinski definition) is 3. The second-order valence-corrected chi connectivity index (χ2v) is 6.77. The van der Waals surface area contributed by atoms with Crippen LogP contribution in [0.5, 0.6) is 5.75 Å². The van der Waals surface area contributed by atoms with Gasteiger partial charge in [-0.3, -0.25) is 5.32 Å². The average Bonchev–Trinajstić information content (AvgIpc) is 2.79. The van der Waals surface area contributed by atoms with E-state index in [4.69, 9.17) is 24.4 Å². The number of allylic oxidation sites excluding steroid dienone is 1. The van der Waals surface area contributed by atoms with Crippen LogP contribution in [0.25, 0.3) is 0 Å². The van der Waals surface area contributed by atoms with Crippen molar-refractivity contribution in [1.82, 2.24) is 0 Å². The summed E-state index contributed by atoms with van der Waals surface area (Å²) in [5, 5.41) is 20.5. The molecule has 172 valence electrons. The molecule has 1 amide bonds. The van der Waals surface area contributed by atoms with Crippen molar-refractivity contribution in [3.8, 4) is 5.75 Å². The maximum absolute atomic E-state index is 12.6. The maximum atomic E-state index is 12.6. The molecule has 2 rings (SSSR count). The van der Waals surface area contributed by atoms with Crippen molar-refractivity contribution in [3.63, 3.8) is 0 Å². The van der Waals surface area contributed by atoms with Crippen molar-refractivity contribution >= 4 is 17.7 Å². The normalized spacial score (nSPS) is 12.8. The zero-order valence-electron chi connectivity index (χ0n) is 18.0. The molecule has 0 heterocycles. The summed E-state index contributed by atoms with van der Waals surface area (Å²) < 4.78 is 17.1. The number of aliphatic hydroxyl groups is 1. The molecule has 0 bridgehead atoms. The third kappa shape index (κ3) is 8.79. The van der Waals surface area contributed by atoms with E-state index in [1.165, 1.54) is 6.08 Å². The van der Waals surface area contributed by atoms with Gasteiger partial charge in [-0.15, -0.1) is 0 Å². The largest absolute Gasteiger partial charge is 0.491 e. The van der Waals surface area contributed by atoms with Gasteiger partial charge in [0.25, 0.3) is 0 Å². The van der Waals surface area contributed by atoms with Crippen LogP contribution in [0.4, 0.5) is 10.5 Å². The minimum atomic E-state index is -1.03. The second-order valence-electron chi connectivity index (χ2n) is 6.77. The number of anilines is 1. The lowest BCUT2D eigenvalue weighted by atomic mass is 10.00. The third-order valence-electron chi connectivity index (χ3n) is 4.40. The molecule has 0 aliphatic rings. The van der Waals surface area contributed by atoms with E-state index in [9.17, 15) is 9.59 Å². The first-order valence-corrected chi connectivity index (χ1v) is 10.4. The van der Waals surface area contributed by atoms with Crippen LogP contribution in [0.1, 0.15) is 31.4 Å². The van der Waals surface area contributed by atoms with Crippen LogP contribution < -0.4 is 10.1 Å². The van der Waals surface area contributed by atoms with Gasteiger partial charge in [0.05, 0.1) is 12.7 Å². The summed E-state index contributed by atoms with van der Waals surface area (Å²) in [5.74, 6) is -0.503. The molecule has 0 aliphatic heterocycles. The summed E-state index contributed by atoms with van der Waals surface area (Å²) in [6, 6.07) is 16.0. The molecule has 0 aromatic heterocycles. The van der Waals surface area contributed by atoms with Gasteiger partial charge in [-0.05, 0) is 49.6 Å². The Kier molecular flexibility index (Phi) is 10.8. The fourth-order valence-electron chi connectivity index (χ4n) is 3.07. The number of carboxylic acid groups (broad SMARTS) is 1. The lowest BCUT2D eigenvalue weighted by Gasteiger charge is -2.27. The molecule has 8 nitrogen and oxygen atoms in total. The van der Waals surface area contributed by atoms with Gasteiger partial charge in [-0.1, -0.05) is 36.4 Å². The number of nitrogens with one attached hydrogen (secondary N) is 1. The molecule has 0 fully saturated rings. The van der Waals surface area contributed by atoms with E-state index >= 15 is 0 Å². The fourth-order valence-corrected chi connectivity index (χ4v) is 3.07. The molecule has 3 N–H and O–H groups in total. The molecule has 8 heteroatoms. The molecule has 0 saturated heterocycles. The topological polar surface area (TPSA) is 114 Å². The molecule has 0 spiro atoms. The Labute approximate surface area is 187 Å². The number of para-hydroxylation sites is 1. The Hall–Kier alpha value is -3.36. The lowest BCUT2D eigenvalue weighted by molar-refractivity contribution is -0.131. The number of carbonyl (C=O) groups is 2. The Morgan fingerprint density at radius 3 is 2.59 bits per heavy atom. The number of aliphatic hydroxyl groups excluding tert-OH is 1. The molecule has 0 unspecified atom stereocenters. The molecule has 2 aromatic carbocycles. The molecular formula is C24H29NO7. The standard InChI is InChI=1S/C24H29NO7/c1-2-30-21(13-6-7-14-22(27)28)23(18-9-8-12-20(17-18)31-16-15-26)32-24(29)25-19-10-4-3-5-11-19/h3-5,7-12,14,17,21,23,26H,2,6,13,15-16H2,1H3,(H,25,29)(H,27,28)/b14-7+/t21-,23-/m1/s1. The van der Waals surface area contributed by atoms with E-state index in [1.54, 1.807) is 48.5 Å². The zero-order valence-corrected chi connectivity index (χ0v) is 18.0. The number of rotatable bonds is 13. The molecule has 32 heavy (non-hydrogen) atoms. The van der Waals surface area contributed by atoms with E-state index in [-0.39, 0.29) is 13.2 Å². The predicted octanol–water partition coefficient (Wildman–Crippen LogP) is 4.17. The Balaban J connectivity index is 2.24. The average molecular weight is 443 g/mol. The van der Waals surface area contributed by atoms with Crippen LogP contribution in [-0.4, -0.2) is 48.2 Å². The summed E-state index contributed by atoms with van der Waals surface area (Å²) in [6.45, 7) is 2.23. The SMILES string of the molecule is CCO[C@H](CC/C=C/C(=O)O)[C@H](OC(=O)Nc1ccccc1)c1cccc(OCCO)c1. The second kappa shape index (κ2) is 13.8. The number of carboxylic acids is 1. The van der Waals surface area contributed by atoms with Gasteiger partial charge in [0.15, 0.2) is 6.10 Å². The van der Waals surface area contributed by atoms with E-state index in [2.05, 4.69) is 5.32 Å². The quantitative estimate of drug-likeness (QED) is 0.398. The molecular weight excluding hydrogens is 414 g/mol. The van der Waals surface area contributed by atoms with Crippen LogP contribution >= 0.6 is 0 Å². The van der Waals surface area contributed by atoms with Crippen molar-refractivity contribution in [1.29, 1.82) is 0 Å². The van der Waals surface area contributed by atoms with Gasteiger partial charge in [-0.2, -0.15) is 0 Å². The molecule has 0 radical (unpaired) electrons. The molecule has 0 aliphatic carbocycles. The summed E-state index contributed by atoms with van der Waals surface area (Å²) in [7, 11) is 0. The Morgan fingerprint density at radius 1 is 1.12 bits per heavy atom. The number of hydrogen-bond acceptors (Lipinski definition) is 6. The van der Waals surface area contributed by atoms with Gasteiger partial charge in [0.2, 0.25) is 0 Å². The summed E-state index contributed by atoms with van der Waals surface area (Å²) >= 11 is 0. The van der Waals surface area contributed by atoms with Gasteiger partial charge in [0, 0.05) is 18.4 Å². The number of aliphatic carboxylic acids is 1. The minimum Gasteiger partial charge on any atom is -0.491 e. The van der Waals surface area contributed by atoms with Crippen LogP contribution in [-0.2, 0) is 14.3 Å². The van der Waals surface area contributed by atoms with Crippen molar-refractivity contribution in [2.45, 2.75) is 32.0 Å². The maximum Gasteiger partial charge on any atom is 0.412 e. The van der Waals surface area contributed by atoms with E-state index in [0.29, 0.717) is 36.4 Å². The summed E-state index contributed by atoms with van der Waals surface area (Å²) in [4.78, 5) is 23.4. The number of amides is 1.